The van der Waals surface area contributed by atoms with Gasteiger partial charge in [-0.2, -0.15) is 0 Å². The van der Waals surface area contributed by atoms with Gasteiger partial charge in [0, 0.05) is 60.3 Å². The molecule has 0 bridgehead atoms. The third kappa shape index (κ3) is 3.97. The Labute approximate surface area is 190 Å². The Morgan fingerprint density at radius 1 is 1.00 bits per heavy atom. The van der Waals surface area contributed by atoms with Crippen molar-refractivity contribution in [2.75, 3.05) is 26.2 Å². The first kappa shape index (κ1) is 20.6. The summed E-state index contributed by atoms with van der Waals surface area (Å²) in [5.41, 5.74) is 4.28. The average Bonchev–Trinajstić information content (AvgIpc) is 3.43. The van der Waals surface area contributed by atoms with E-state index >= 15 is 0 Å². The van der Waals surface area contributed by atoms with E-state index in [4.69, 9.17) is 4.98 Å². The highest BCUT2D eigenvalue weighted by Crippen LogP contribution is 2.25. The molecular weight excluding hydrogens is 420 g/mol. The highest BCUT2D eigenvalue weighted by Gasteiger charge is 2.29. The van der Waals surface area contributed by atoms with Crippen molar-refractivity contribution in [1.29, 1.82) is 0 Å². The van der Waals surface area contributed by atoms with E-state index in [0.29, 0.717) is 18.7 Å². The van der Waals surface area contributed by atoms with Gasteiger partial charge in [-0.3, -0.25) is 14.5 Å². The lowest BCUT2D eigenvalue weighted by molar-refractivity contribution is -0.128. The topological polar surface area (TPSA) is 69.3 Å². The van der Waals surface area contributed by atoms with Gasteiger partial charge in [0.25, 0.3) is 11.7 Å². The van der Waals surface area contributed by atoms with Gasteiger partial charge in [0.2, 0.25) is 0 Å². The molecule has 6 nitrogen and oxygen atoms in total. The molecule has 0 aliphatic carbocycles. The van der Waals surface area contributed by atoms with Crippen LogP contribution < -0.4 is 0 Å². The second-order valence-electron chi connectivity index (χ2n) is 8.08. The first-order valence-corrected chi connectivity index (χ1v) is 11.6. The fraction of sp³-hybridized carbons (Fsp3) is 0.240. The summed E-state index contributed by atoms with van der Waals surface area (Å²) in [6, 6.07) is 17.8. The molecule has 1 amide bonds. The number of amides is 1. The number of thiazole rings is 1. The number of carbonyl (C=O) groups excluding carboxylic acids is 2. The van der Waals surface area contributed by atoms with Crippen LogP contribution in [-0.2, 0) is 11.3 Å². The van der Waals surface area contributed by atoms with Crippen molar-refractivity contribution >= 4 is 33.9 Å². The summed E-state index contributed by atoms with van der Waals surface area (Å²) in [4.78, 5) is 37.9. The molecule has 1 fully saturated rings. The number of nitrogens with zero attached hydrogens (tertiary/aromatic N) is 3. The van der Waals surface area contributed by atoms with E-state index in [2.05, 4.69) is 27.4 Å². The number of carbonyl (C=O) groups is 2. The van der Waals surface area contributed by atoms with Crippen molar-refractivity contribution in [2.45, 2.75) is 13.5 Å². The normalized spacial score (nSPS) is 14.7. The first-order chi connectivity index (χ1) is 15.6. The highest BCUT2D eigenvalue weighted by molar-refractivity contribution is 7.13. The molecule has 1 N–H and O–H groups in total. The smallest absolute Gasteiger partial charge is 0.295 e. The van der Waals surface area contributed by atoms with Gasteiger partial charge in [-0.05, 0) is 13.0 Å². The van der Waals surface area contributed by atoms with E-state index in [1.165, 1.54) is 0 Å². The summed E-state index contributed by atoms with van der Waals surface area (Å²) in [5, 5.41) is 3.93. The van der Waals surface area contributed by atoms with Crippen LogP contribution >= 0.6 is 11.3 Å². The van der Waals surface area contributed by atoms with Crippen molar-refractivity contribution < 1.29 is 9.59 Å². The van der Waals surface area contributed by atoms with Crippen LogP contribution in [0.1, 0.15) is 21.7 Å². The quantitative estimate of drug-likeness (QED) is 0.371. The minimum absolute atomic E-state index is 0.419. The number of fused-ring (bicyclic) bond motifs is 1. The van der Waals surface area contributed by atoms with Gasteiger partial charge in [0.15, 0.2) is 0 Å². The summed E-state index contributed by atoms with van der Waals surface area (Å²) in [5.74, 6) is -0.849. The van der Waals surface area contributed by atoms with Crippen molar-refractivity contribution in [3.63, 3.8) is 0 Å². The Balaban J connectivity index is 1.21. The lowest BCUT2D eigenvalue weighted by Crippen LogP contribution is -2.50. The van der Waals surface area contributed by atoms with Gasteiger partial charge >= 0.3 is 0 Å². The number of nitrogens with one attached hydrogen (secondary N) is 1. The van der Waals surface area contributed by atoms with Gasteiger partial charge in [-0.1, -0.05) is 48.5 Å². The lowest BCUT2D eigenvalue weighted by atomic mass is 10.1. The van der Waals surface area contributed by atoms with Crippen LogP contribution in [0.15, 0.2) is 60.0 Å². The SMILES string of the molecule is Cc1[nH]c2ccccc2c1C(=O)C(=O)N1CCN(Cc2csc(-c3ccccc3)n2)CC1. The molecule has 0 unspecified atom stereocenters. The van der Waals surface area contributed by atoms with Crippen molar-refractivity contribution in [3.05, 3.63) is 76.9 Å². The average molecular weight is 445 g/mol. The summed E-state index contributed by atoms with van der Waals surface area (Å²) in [6.07, 6.45) is 0. The second-order valence-corrected chi connectivity index (χ2v) is 8.94. The number of rotatable bonds is 5. The van der Waals surface area contributed by atoms with E-state index in [-0.39, 0.29) is 0 Å². The molecule has 5 rings (SSSR count). The van der Waals surface area contributed by atoms with Crippen LogP contribution in [0.25, 0.3) is 21.5 Å². The third-order valence-electron chi connectivity index (χ3n) is 5.93. The number of piperazine rings is 1. The minimum Gasteiger partial charge on any atom is -0.358 e. The van der Waals surface area contributed by atoms with Gasteiger partial charge < -0.3 is 9.88 Å². The largest absolute Gasteiger partial charge is 0.358 e. The number of hydrogen-bond acceptors (Lipinski definition) is 5. The van der Waals surface area contributed by atoms with Gasteiger partial charge in [0.1, 0.15) is 5.01 Å². The first-order valence-electron chi connectivity index (χ1n) is 10.7. The number of benzene rings is 2. The van der Waals surface area contributed by atoms with Crippen LogP contribution in [0.2, 0.25) is 0 Å². The summed E-state index contributed by atoms with van der Waals surface area (Å²) in [7, 11) is 0. The minimum atomic E-state index is -0.430. The maximum atomic E-state index is 13.0. The van der Waals surface area contributed by atoms with E-state index in [1.54, 1.807) is 16.2 Å². The van der Waals surface area contributed by atoms with E-state index in [0.717, 1.165) is 52.5 Å². The predicted molar refractivity (Wildman–Crippen MR) is 127 cm³/mol. The number of hydrogen-bond donors (Lipinski definition) is 1. The van der Waals surface area contributed by atoms with Crippen LogP contribution in [0.4, 0.5) is 0 Å². The fourth-order valence-corrected chi connectivity index (χ4v) is 5.07. The number of H-pyrrole nitrogens is 1. The summed E-state index contributed by atoms with van der Waals surface area (Å²) < 4.78 is 0. The van der Waals surface area contributed by atoms with E-state index in [1.807, 2.05) is 49.4 Å². The summed E-state index contributed by atoms with van der Waals surface area (Å²) in [6.45, 7) is 5.13. The number of aromatic amines is 1. The number of aromatic nitrogens is 2. The molecule has 1 aliphatic heterocycles. The number of ketones is 1. The number of aryl methyl sites for hydroxylation is 1. The maximum Gasteiger partial charge on any atom is 0.295 e. The molecule has 3 heterocycles. The zero-order chi connectivity index (χ0) is 22.1. The monoisotopic (exact) mass is 444 g/mol. The standard InChI is InChI=1S/C25H24N4O2S/c1-17-22(20-9-5-6-10-21(20)26-17)23(30)25(31)29-13-11-28(12-14-29)15-19-16-32-24(27-19)18-7-3-2-4-8-18/h2-10,16,26H,11-15H2,1H3. The molecule has 2 aromatic carbocycles. The molecule has 7 heteroatoms. The third-order valence-corrected chi connectivity index (χ3v) is 6.87. The lowest BCUT2D eigenvalue weighted by Gasteiger charge is -2.34. The van der Waals surface area contributed by atoms with Gasteiger partial charge in [0.05, 0.1) is 11.3 Å². The predicted octanol–water partition coefficient (Wildman–Crippen LogP) is 4.13. The second kappa shape index (κ2) is 8.68. The number of para-hydroxylation sites is 1. The molecule has 4 aromatic rings. The van der Waals surface area contributed by atoms with Crippen LogP contribution in [0.5, 0.6) is 0 Å². The van der Waals surface area contributed by atoms with Gasteiger partial charge in [-0.15, -0.1) is 11.3 Å². The van der Waals surface area contributed by atoms with Crippen LogP contribution in [0, 0.1) is 6.92 Å². The molecule has 162 valence electrons. The summed E-state index contributed by atoms with van der Waals surface area (Å²) >= 11 is 1.65. The van der Waals surface area contributed by atoms with E-state index < -0.39 is 11.7 Å². The molecule has 1 saturated heterocycles. The molecule has 32 heavy (non-hydrogen) atoms. The molecule has 1 aliphatic rings. The molecule has 2 aromatic heterocycles. The van der Waals surface area contributed by atoms with Crippen molar-refractivity contribution in [2.24, 2.45) is 0 Å². The molecule has 0 atom stereocenters. The van der Waals surface area contributed by atoms with Crippen molar-refractivity contribution in [3.8, 4) is 10.6 Å². The number of Topliss-reactive ketones (excluding diaryl/α,β-unsaturated/α-hetero) is 1. The Bertz CT molecular complexity index is 1270. The Morgan fingerprint density at radius 3 is 2.50 bits per heavy atom. The Morgan fingerprint density at radius 2 is 1.72 bits per heavy atom. The molecule has 0 radical (unpaired) electrons. The Kier molecular flexibility index (Phi) is 5.59. The van der Waals surface area contributed by atoms with Crippen LogP contribution in [-0.4, -0.2) is 57.6 Å². The molecule has 0 saturated carbocycles. The molecular formula is C25H24N4O2S. The highest BCUT2D eigenvalue weighted by atomic mass is 32.1. The Hall–Kier alpha value is -3.29. The zero-order valence-electron chi connectivity index (χ0n) is 17.9. The molecule has 0 spiro atoms. The van der Waals surface area contributed by atoms with Gasteiger partial charge in [-0.25, -0.2) is 4.98 Å². The van der Waals surface area contributed by atoms with E-state index in [9.17, 15) is 9.59 Å². The zero-order valence-corrected chi connectivity index (χ0v) is 18.7. The fourth-order valence-electron chi connectivity index (χ4n) is 4.25. The van der Waals surface area contributed by atoms with Crippen molar-refractivity contribution in [1.82, 2.24) is 19.8 Å². The maximum absolute atomic E-state index is 13.0. The van der Waals surface area contributed by atoms with Crippen LogP contribution in [0.3, 0.4) is 0 Å².